The molecule has 0 saturated carbocycles. The van der Waals surface area contributed by atoms with Crippen LogP contribution >= 0.6 is 0 Å². The van der Waals surface area contributed by atoms with Crippen LogP contribution in [0.3, 0.4) is 0 Å². The summed E-state index contributed by atoms with van der Waals surface area (Å²) in [7, 11) is -5.51. The highest BCUT2D eigenvalue weighted by Crippen LogP contribution is 2.24. The van der Waals surface area contributed by atoms with Crippen molar-refractivity contribution in [1.82, 2.24) is 9.19 Å². The van der Waals surface area contributed by atoms with Crippen LogP contribution in [0.1, 0.15) is 5.56 Å². The molecule has 1 rings (SSSR count). The fraction of sp³-hybridized carbons (Fsp3) is 0.200. The maximum atomic E-state index is 11.9. The predicted molar refractivity (Wildman–Crippen MR) is 37.3 cm³/mol. The van der Waals surface area contributed by atoms with Gasteiger partial charge in [0.2, 0.25) is 0 Å². The van der Waals surface area contributed by atoms with Crippen LogP contribution in [0, 0.1) is 11.3 Å². The maximum Gasteiger partial charge on any atom is 0.518 e. The molecule has 14 heavy (non-hydrogen) atoms. The number of hydrogen-bond donors (Lipinski definition) is 0. The average Bonchev–Trinajstić information content (AvgIpc) is 2.49. The molecule has 0 N–H and O–H groups in total. The molecule has 0 aliphatic carbocycles. The van der Waals surface area contributed by atoms with Crippen molar-refractivity contribution >= 4 is 10.0 Å². The van der Waals surface area contributed by atoms with Gasteiger partial charge in [-0.15, -0.1) is 0 Å². The van der Waals surface area contributed by atoms with E-state index in [9.17, 15) is 21.6 Å². The highest BCUT2D eigenvalue weighted by molar-refractivity contribution is 7.90. The first kappa shape index (κ1) is 10.5. The normalized spacial score (nSPS) is 12.4. The Hall–Kier alpha value is -1.56. The van der Waals surface area contributed by atoms with E-state index < -0.39 is 15.5 Å². The van der Waals surface area contributed by atoms with Gasteiger partial charge in [0, 0.05) is 0 Å². The molecule has 5 nitrogen and oxygen atoms in total. The van der Waals surface area contributed by atoms with E-state index in [1.54, 1.807) is 0 Å². The molecular formula is C5H2F3N3O2S. The third-order valence-electron chi connectivity index (χ3n) is 1.23. The van der Waals surface area contributed by atoms with Crippen LogP contribution in [0.5, 0.6) is 0 Å². The van der Waals surface area contributed by atoms with Gasteiger partial charge in [0.05, 0.1) is 18.0 Å². The van der Waals surface area contributed by atoms with E-state index >= 15 is 0 Å². The first-order valence-corrected chi connectivity index (χ1v) is 4.49. The smallest absolute Gasteiger partial charge is 0.195 e. The predicted octanol–water partition coefficient (Wildman–Crippen LogP) is 0.452. The van der Waals surface area contributed by atoms with Gasteiger partial charge in [-0.2, -0.15) is 36.0 Å². The fourth-order valence-corrected chi connectivity index (χ4v) is 1.24. The molecule has 1 aromatic heterocycles. The lowest BCUT2D eigenvalue weighted by atomic mass is 10.4. The SMILES string of the molecule is N#Cc1cnn(S(=O)(=O)C(F)(F)F)c1. The lowest BCUT2D eigenvalue weighted by Crippen LogP contribution is -2.30. The zero-order valence-electron chi connectivity index (χ0n) is 6.35. The molecule has 0 atom stereocenters. The Labute approximate surface area is 76.4 Å². The van der Waals surface area contributed by atoms with E-state index in [1.807, 2.05) is 0 Å². The topological polar surface area (TPSA) is 75.8 Å². The summed E-state index contributed by atoms with van der Waals surface area (Å²) in [6, 6.07) is 1.46. The highest BCUT2D eigenvalue weighted by atomic mass is 32.2. The molecule has 0 bridgehead atoms. The fourth-order valence-electron chi connectivity index (χ4n) is 0.600. The zero-order chi connectivity index (χ0) is 11.0. The van der Waals surface area contributed by atoms with Crippen molar-refractivity contribution in [3.05, 3.63) is 18.0 Å². The molecule has 0 amide bonds. The molecule has 0 fully saturated rings. The Morgan fingerprint density at radius 1 is 1.50 bits per heavy atom. The Morgan fingerprint density at radius 3 is 2.43 bits per heavy atom. The second-order valence-corrected chi connectivity index (χ2v) is 3.95. The van der Waals surface area contributed by atoms with Crippen LogP contribution in [-0.2, 0) is 10.0 Å². The standard InChI is InChI=1S/C5H2F3N3O2S/c6-5(7,8)14(12,13)11-3-4(1-9)2-10-11/h2-3H. The van der Waals surface area contributed by atoms with Gasteiger partial charge in [-0.3, -0.25) is 0 Å². The van der Waals surface area contributed by atoms with Crippen LogP contribution < -0.4 is 0 Å². The molecule has 0 saturated heterocycles. The van der Waals surface area contributed by atoms with Crippen molar-refractivity contribution in [3.8, 4) is 6.07 Å². The van der Waals surface area contributed by atoms with Crippen molar-refractivity contribution in [2.45, 2.75) is 5.51 Å². The number of hydrogen-bond acceptors (Lipinski definition) is 4. The van der Waals surface area contributed by atoms with Gasteiger partial charge in [-0.25, -0.2) is 0 Å². The second-order valence-electron chi connectivity index (χ2n) is 2.16. The Bertz CT molecular complexity index is 481. The van der Waals surface area contributed by atoms with Gasteiger partial charge < -0.3 is 0 Å². The molecule has 1 heterocycles. The molecule has 0 spiro atoms. The summed E-state index contributed by atoms with van der Waals surface area (Å²) >= 11 is 0. The van der Waals surface area contributed by atoms with E-state index in [0.717, 1.165) is 6.20 Å². The highest BCUT2D eigenvalue weighted by Gasteiger charge is 2.48. The monoisotopic (exact) mass is 225 g/mol. The van der Waals surface area contributed by atoms with Gasteiger partial charge in [0.25, 0.3) is 0 Å². The van der Waals surface area contributed by atoms with Crippen molar-refractivity contribution in [2.24, 2.45) is 0 Å². The Balaban J connectivity index is 3.26. The second kappa shape index (κ2) is 2.98. The zero-order valence-corrected chi connectivity index (χ0v) is 7.17. The van der Waals surface area contributed by atoms with E-state index in [-0.39, 0.29) is 9.65 Å². The van der Waals surface area contributed by atoms with E-state index in [0.29, 0.717) is 6.20 Å². The lowest BCUT2D eigenvalue weighted by Gasteiger charge is -2.06. The molecule has 0 aromatic carbocycles. The molecule has 1 aromatic rings. The summed E-state index contributed by atoms with van der Waals surface area (Å²) in [5, 5.41) is 11.2. The van der Waals surface area contributed by atoms with Gasteiger partial charge >= 0.3 is 15.5 Å². The third-order valence-corrected chi connectivity index (χ3v) is 2.51. The van der Waals surface area contributed by atoms with Crippen molar-refractivity contribution in [2.75, 3.05) is 0 Å². The minimum absolute atomic E-state index is 0.266. The molecule has 0 aliphatic heterocycles. The van der Waals surface area contributed by atoms with Crippen LogP contribution in [0.4, 0.5) is 13.2 Å². The quantitative estimate of drug-likeness (QED) is 0.695. The van der Waals surface area contributed by atoms with Gasteiger partial charge in [-0.1, -0.05) is 0 Å². The maximum absolute atomic E-state index is 11.9. The van der Waals surface area contributed by atoms with Crippen LogP contribution in [-0.4, -0.2) is 23.1 Å². The summed E-state index contributed by atoms with van der Waals surface area (Å²) in [6.45, 7) is 0. The molecule has 0 aliphatic rings. The van der Waals surface area contributed by atoms with Crippen molar-refractivity contribution in [3.63, 3.8) is 0 Å². The Morgan fingerprint density at radius 2 is 2.07 bits per heavy atom. The van der Waals surface area contributed by atoms with Crippen LogP contribution in [0.15, 0.2) is 12.4 Å². The minimum atomic E-state index is -5.51. The number of alkyl halides is 3. The summed E-state index contributed by atoms with van der Waals surface area (Å²) in [4.78, 5) is 0. The van der Waals surface area contributed by atoms with Gasteiger partial charge in [-0.05, 0) is 0 Å². The largest absolute Gasteiger partial charge is 0.518 e. The van der Waals surface area contributed by atoms with Crippen molar-refractivity contribution in [1.29, 1.82) is 5.26 Å². The lowest BCUT2D eigenvalue weighted by molar-refractivity contribution is -0.0449. The van der Waals surface area contributed by atoms with Gasteiger partial charge in [0.1, 0.15) is 6.07 Å². The van der Waals surface area contributed by atoms with E-state index in [1.165, 1.54) is 6.07 Å². The summed E-state index contributed by atoms with van der Waals surface area (Å²) in [5.41, 5.74) is -5.69. The average molecular weight is 225 g/mol. The number of aromatic nitrogens is 2. The number of halogens is 3. The number of nitriles is 1. The number of nitrogens with zero attached hydrogens (tertiary/aromatic N) is 3. The van der Waals surface area contributed by atoms with E-state index in [4.69, 9.17) is 5.26 Å². The summed E-state index contributed by atoms with van der Waals surface area (Å²) in [6.07, 6.45) is 1.21. The minimum Gasteiger partial charge on any atom is -0.195 e. The molecule has 0 unspecified atom stereocenters. The van der Waals surface area contributed by atoms with Crippen LogP contribution in [0.25, 0.3) is 0 Å². The van der Waals surface area contributed by atoms with E-state index in [2.05, 4.69) is 5.10 Å². The van der Waals surface area contributed by atoms with Crippen LogP contribution in [0.2, 0.25) is 0 Å². The summed E-state index contributed by atoms with van der Waals surface area (Å²) < 4.78 is 56.7. The molecular weight excluding hydrogens is 223 g/mol. The van der Waals surface area contributed by atoms with Gasteiger partial charge in [0.15, 0.2) is 0 Å². The molecule has 9 heteroatoms. The summed E-state index contributed by atoms with van der Waals surface area (Å²) in [5.74, 6) is 0. The third kappa shape index (κ3) is 1.56. The molecule has 0 radical (unpaired) electrons. The molecule has 76 valence electrons. The first-order valence-electron chi connectivity index (χ1n) is 3.05. The van der Waals surface area contributed by atoms with Crippen molar-refractivity contribution < 1.29 is 21.6 Å². The number of rotatable bonds is 1. The Kier molecular flexibility index (Phi) is 2.24. The first-order chi connectivity index (χ1) is 6.29.